The summed E-state index contributed by atoms with van der Waals surface area (Å²) in [4.78, 5) is 32.2. The van der Waals surface area contributed by atoms with Gasteiger partial charge in [0.05, 0.1) is 25.7 Å². The summed E-state index contributed by atoms with van der Waals surface area (Å²) in [6.45, 7) is 2.20. The maximum atomic E-state index is 12.8. The Morgan fingerprint density at radius 1 is 1.26 bits per heavy atom. The first kappa shape index (κ1) is 23.5. The molecule has 0 bridgehead atoms. The predicted molar refractivity (Wildman–Crippen MR) is 105 cm³/mol. The fraction of sp³-hybridized carbons (Fsp3) is 0.667. The van der Waals surface area contributed by atoms with Crippen molar-refractivity contribution in [2.45, 2.75) is 44.6 Å². The maximum Gasteiger partial charge on any atom is 0.389 e. The second-order valence-corrected chi connectivity index (χ2v) is 8.04. The highest BCUT2D eigenvalue weighted by Crippen LogP contribution is 2.23. The molecule has 1 aromatic rings. The molecule has 2 aliphatic rings. The molecular weight excluding hydrogens is 415 g/mol. The van der Waals surface area contributed by atoms with Crippen LogP contribution in [0.1, 0.15) is 31.2 Å². The molecule has 0 spiro atoms. The number of nitrogens with zero attached hydrogens (tertiary/aromatic N) is 3. The van der Waals surface area contributed by atoms with Crippen molar-refractivity contribution in [1.29, 1.82) is 0 Å². The fourth-order valence-corrected chi connectivity index (χ4v) is 3.80. The van der Waals surface area contributed by atoms with Gasteiger partial charge in [-0.25, -0.2) is 0 Å². The highest BCUT2D eigenvalue weighted by atomic mass is 19.4. The van der Waals surface area contributed by atoms with Gasteiger partial charge in [-0.3, -0.25) is 14.6 Å². The van der Waals surface area contributed by atoms with E-state index < -0.39 is 31.0 Å². The largest absolute Gasteiger partial charge is 0.389 e. The Balaban J connectivity index is 1.67. The Morgan fingerprint density at radius 3 is 2.71 bits per heavy atom. The zero-order valence-electron chi connectivity index (χ0n) is 17.4. The molecular formula is C21H28F3N3O4. The molecule has 172 valence electrons. The lowest BCUT2D eigenvalue weighted by atomic mass is 9.99. The number of aromatic nitrogens is 1. The number of pyridine rings is 1. The standard InChI is InChI=1S/C21H28F3N3O4/c22-21(23,24)6-3-19(28)27-13-18(31-15-17-2-1-7-25-10-17)12-26(20(29)14-27)11-16-4-8-30-9-5-16/h1-2,7,10,16,18H,3-6,8-9,11-15H2/t18-/m1/s1. The SMILES string of the molecule is O=C(CCC(F)(F)F)N1CC(=O)N(CC2CCOCC2)C[C@@H](OCc2cccnc2)C1. The zero-order chi connectivity index (χ0) is 22.3. The lowest BCUT2D eigenvalue weighted by Crippen LogP contribution is -2.42. The molecule has 1 aromatic heterocycles. The lowest BCUT2D eigenvalue weighted by molar-refractivity contribution is -0.150. The van der Waals surface area contributed by atoms with Crippen molar-refractivity contribution in [1.82, 2.24) is 14.8 Å². The van der Waals surface area contributed by atoms with Crippen LogP contribution in [-0.2, 0) is 25.7 Å². The first-order chi connectivity index (χ1) is 14.8. The molecule has 3 heterocycles. The van der Waals surface area contributed by atoms with Gasteiger partial charge < -0.3 is 19.3 Å². The molecule has 0 aliphatic carbocycles. The third kappa shape index (κ3) is 7.77. The van der Waals surface area contributed by atoms with Gasteiger partial charge >= 0.3 is 6.18 Å². The van der Waals surface area contributed by atoms with Crippen LogP contribution in [0.15, 0.2) is 24.5 Å². The van der Waals surface area contributed by atoms with E-state index in [2.05, 4.69) is 4.98 Å². The van der Waals surface area contributed by atoms with Crippen LogP contribution < -0.4 is 0 Å². The number of hydrogen-bond acceptors (Lipinski definition) is 5. The van der Waals surface area contributed by atoms with E-state index in [-0.39, 0.29) is 25.6 Å². The van der Waals surface area contributed by atoms with Crippen molar-refractivity contribution < 1.29 is 32.2 Å². The third-order valence-electron chi connectivity index (χ3n) is 5.53. The molecule has 0 aromatic carbocycles. The molecule has 31 heavy (non-hydrogen) atoms. The zero-order valence-corrected chi connectivity index (χ0v) is 17.4. The summed E-state index contributed by atoms with van der Waals surface area (Å²) in [5, 5.41) is 0. The molecule has 2 saturated heterocycles. The summed E-state index contributed by atoms with van der Waals surface area (Å²) in [6, 6.07) is 3.63. The van der Waals surface area contributed by atoms with Crippen molar-refractivity contribution in [2.75, 3.05) is 39.4 Å². The normalized spacial score (nSPS) is 21.3. The van der Waals surface area contributed by atoms with Gasteiger partial charge in [0.25, 0.3) is 0 Å². The number of rotatable bonds is 7. The monoisotopic (exact) mass is 443 g/mol. The van der Waals surface area contributed by atoms with Crippen LogP contribution >= 0.6 is 0 Å². The molecule has 7 nitrogen and oxygen atoms in total. The van der Waals surface area contributed by atoms with E-state index >= 15 is 0 Å². The van der Waals surface area contributed by atoms with E-state index in [0.717, 1.165) is 18.4 Å². The van der Waals surface area contributed by atoms with Crippen LogP contribution in [0, 0.1) is 5.92 Å². The molecule has 0 radical (unpaired) electrons. The van der Waals surface area contributed by atoms with E-state index in [4.69, 9.17) is 9.47 Å². The van der Waals surface area contributed by atoms with Crippen molar-refractivity contribution in [3.63, 3.8) is 0 Å². The molecule has 0 saturated carbocycles. The van der Waals surface area contributed by atoms with Crippen LogP contribution in [0.2, 0.25) is 0 Å². The quantitative estimate of drug-likeness (QED) is 0.647. The highest BCUT2D eigenvalue weighted by molar-refractivity contribution is 5.85. The van der Waals surface area contributed by atoms with E-state index in [9.17, 15) is 22.8 Å². The summed E-state index contributed by atoms with van der Waals surface area (Å²) < 4.78 is 49.0. The third-order valence-corrected chi connectivity index (χ3v) is 5.53. The van der Waals surface area contributed by atoms with Crippen molar-refractivity contribution >= 4 is 11.8 Å². The number of amides is 2. The average Bonchev–Trinajstić information content (AvgIpc) is 2.90. The maximum absolute atomic E-state index is 12.8. The summed E-state index contributed by atoms with van der Waals surface area (Å²) in [6.07, 6.45) is -1.80. The molecule has 0 N–H and O–H groups in total. The highest BCUT2D eigenvalue weighted by Gasteiger charge is 2.34. The van der Waals surface area contributed by atoms with Crippen LogP contribution in [-0.4, -0.2) is 78.3 Å². The van der Waals surface area contributed by atoms with Gasteiger partial charge in [-0.05, 0) is 30.4 Å². The first-order valence-electron chi connectivity index (χ1n) is 10.5. The molecule has 0 unspecified atom stereocenters. The van der Waals surface area contributed by atoms with Crippen molar-refractivity contribution in [3.05, 3.63) is 30.1 Å². The molecule has 2 fully saturated rings. The summed E-state index contributed by atoms with van der Waals surface area (Å²) in [7, 11) is 0. The second kappa shape index (κ2) is 10.9. The van der Waals surface area contributed by atoms with E-state index in [1.165, 1.54) is 4.90 Å². The second-order valence-electron chi connectivity index (χ2n) is 8.04. The summed E-state index contributed by atoms with van der Waals surface area (Å²) in [5.74, 6) is -0.656. The Bertz CT molecular complexity index is 726. The fourth-order valence-electron chi connectivity index (χ4n) is 3.80. The molecule has 3 rings (SSSR count). The van der Waals surface area contributed by atoms with Crippen LogP contribution in [0.3, 0.4) is 0 Å². The number of halogens is 3. The van der Waals surface area contributed by atoms with E-state index in [0.29, 0.717) is 32.2 Å². The molecule has 2 amide bonds. The Hall–Kier alpha value is -2.20. The number of alkyl halides is 3. The average molecular weight is 443 g/mol. The predicted octanol–water partition coefficient (Wildman–Crippen LogP) is 2.41. The molecule has 1 atom stereocenters. The first-order valence-corrected chi connectivity index (χ1v) is 10.5. The minimum absolute atomic E-state index is 0.0764. The number of hydrogen-bond donors (Lipinski definition) is 0. The smallest absolute Gasteiger partial charge is 0.381 e. The number of ether oxygens (including phenoxy) is 2. The minimum Gasteiger partial charge on any atom is -0.381 e. The van der Waals surface area contributed by atoms with Crippen LogP contribution in [0.4, 0.5) is 13.2 Å². The Kier molecular flexibility index (Phi) is 8.25. The topological polar surface area (TPSA) is 72.0 Å². The van der Waals surface area contributed by atoms with Crippen LogP contribution in [0.25, 0.3) is 0 Å². The van der Waals surface area contributed by atoms with Gasteiger partial charge in [0.2, 0.25) is 11.8 Å². The van der Waals surface area contributed by atoms with Gasteiger partial charge in [-0.1, -0.05) is 6.07 Å². The summed E-state index contributed by atoms with van der Waals surface area (Å²) >= 11 is 0. The molecule has 10 heteroatoms. The van der Waals surface area contributed by atoms with Gasteiger partial charge in [0.15, 0.2) is 0 Å². The Morgan fingerprint density at radius 2 is 2.03 bits per heavy atom. The van der Waals surface area contributed by atoms with Crippen molar-refractivity contribution in [3.8, 4) is 0 Å². The number of carbonyl (C=O) groups is 2. The van der Waals surface area contributed by atoms with Gasteiger partial charge in [-0.15, -0.1) is 0 Å². The Labute approximate surface area is 179 Å². The van der Waals surface area contributed by atoms with Crippen LogP contribution in [0.5, 0.6) is 0 Å². The van der Waals surface area contributed by atoms with Crippen molar-refractivity contribution in [2.24, 2.45) is 5.92 Å². The van der Waals surface area contributed by atoms with E-state index in [1.807, 2.05) is 6.07 Å². The van der Waals surface area contributed by atoms with Gasteiger partial charge in [0, 0.05) is 51.7 Å². The number of carbonyl (C=O) groups excluding carboxylic acids is 2. The summed E-state index contributed by atoms with van der Waals surface area (Å²) in [5.41, 5.74) is 0.837. The lowest BCUT2D eigenvalue weighted by Gasteiger charge is -2.30. The van der Waals surface area contributed by atoms with Gasteiger partial charge in [-0.2, -0.15) is 13.2 Å². The molecule has 2 aliphatic heterocycles. The van der Waals surface area contributed by atoms with Gasteiger partial charge in [0.1, 0.15) is 0 Å². The minimum atomic E-state index is -4.42. The van der Waals surface area contributed by atoms with E-state index in [1.54, 1.807) is 23.4 Å².